The highest BCUT2D eigenvalue weighted by atomic mass is 32.1. The summed E-state index contributed by atoms with van der Waals surface area (Å²) >= 11 is 1.56. The van der Waals surface area contributed by atoms with Gasteiger partial charge in [-0.05, 0) is 42.9 Å². The van der Waals surface area contributed by atoms with E-state index in [-0.39, 0.29) is 18.4 Å². The summed E-state index contributed by atoms with van der Waals surface area (Å²) < 4.78 is 0. The number of carbonyl (C=O) groups excluding carboxylic acids is 3. The van der Waals surface area contributed by atoms with E-state index in [0.717, 1.165) is 34.1 Å². The van der Waals surface area contributed by atoms with Crippen molar-refractivity contribution in [3.63, 3.8) is 0 Å². The average molecular weight is 426 g/mol. The number of likely N-dealkylation sites (N-methyl/N-ethyl adjacent to an activating group) is 1. The van der Waals surface area contributed by atoms with Gasteiger partial charge in [0.1, 0.15) is 17.4 Å². The molecule has 2 aromatic heterocycles. The molecule has 5 rings (SSSR count). The lowest BCUT2D eigenvalue weighted by molar-refractivity contribution is -0.119. The maximum absolute atomic E-state index is 13.1. The molecule has 1 saturated carbocycles. The number of nitrogens with zero attached hydrogens (tertiary/aromatic N) is 4. The number of hydrogen-bond acceptors (Lipinski definition) is 6. The number of fused-ring (bicyclic) bond motifs is 3. The molecular formula is C21H23N5O3S. The topological polar surface area (TPSA) is 99.8 Å². The van der Waals surface area contributed by atoms with Crippen LogP contribution in [0.4, 0.5) is 10.8 Å². The van der Waals surface area contributed by atoms with Gasteiger partial charge in [-0.1, -0.05) is 0 Å². The summed E-state index contributed by atoms with van der Waals surface area (Å²) in [6, 6.07) is 3.48. The van der Waals surface area contributed by atoms with Crippen LogP contribution < -0.4 is 15.5 Å². The molecule has 3 aliphatic rings. The fourth-order valence-electron chi connectivity index (χ4n) is 4.12. The third kappa shape index (κ3) is 3.23. The van der Waals surface area contributed by atoms with Gasteiger partial charge in [0.15, 0.2) is 0 Å². The lowest BCUT2D eigenvalue weighted by Gasteiger charge is -2.28. The number of anilines is 2. The normalized spacial score (nSPS) is 18.9. The molecule has 0 atom stereocenters. The van der Waals surface area contributed by atoms with Crippen LogP contribution in [0.5, 0.6) is 0 Å². The van der Waals surface area contributed by atoms with Crippen LogP contribution in [-0.4, -0.2) is 54.3 Å². The standard InChI is InChI=1S/C21H23N5O3S/c1-24-11-17(27)26(9-12-2-3-12)21-18(20(24)29)14-6-7-25(10-15(14)30-21)16-5-4-13(8-23-16)19(22)28/h4-5,8,12H,2-3,6-7,9-11H2,1H3,(H2,22,28). The molecule has 2 aromatic rings. The quantitative estimate of drug-likeness (QED) is 0.803. The first-order chi connectivity index (χ1) is 14.4. The maximum Gasteiger partial charge on any atom is 0.257 e. The monoisotopic (exact) mass is 425 g/mol. The Kier molecular flexibility index (Phi) is 4.50. The number of amides is 3. The summed E-state index contributed by atoms with van der Waals surface area (Å²) in [6.07, 6.45) is 4.50. The van der Waals surface area contributed by atoms with E-state index in [1.54, 1.807) is 30.5 Å². The van der Waals surface area contributed by atoms with Gasteiger partial charge in [-0.15, -0.1) is 11.3 Å². The lowest BCUT2D eigenvalue weighted by Crippen LogP contribution is -2.38. The van der Waals surface area contributed by atoms with Crippen LogP contribution in [0.2, 0.25) is 0 Å². The smallest absolute Gasteiger partial charge is 0.257 e. The number of nitrogens with two attached hydrogens (primary N) is 1. The van der Waals surface area contributed by atoms with E-state index in [1.165, 1.54) is 11.1 Å². The van der Waals surface area contributed by atoms with Crippen LogP contribution in [-0.2, 0) is 17.8 Å². The highest BCUT2D eigenvalue weighted by Gasteiger charge is 2.38. The Morgan fingerprint density at radius 3 is 2.73 bits per heavy atom. The number of aromatic nitrogens is 1. The molecule has 0 unspecified atom stereocenters. The van der Waals surface area contributed by atoms with Crippen molar-refractivity contribution in [1.29, 1.82) is 0 Å². The summed E-state index contributed by atoms with van der Waals surface area (Å²) in [4.78, 5) is 48.3. The SMILES string of the molecule is CN1CC(=O)N(CC2CC2)c2sc3c(c2C1=O)CCN(c1ccc(C(N)=O)cn1)C3. The average Bonchev–Trinajstić information content (AvgIpc) is 3.49. The number of thiophene rings is 1. The van der Waals surface area contributed by atoms with Gasteiger partial charge in [-0.2, -0.15) is 0 Å². The van der Waals surface area contributed by atoms with Crippen molar-refractivity contribution in [2.45, 2.75) is 25.8 Å². The van der Waals surface area contributed by atoms with E-state index in [0.29, 0.717) is 43.1 Å². The first kappa shape index (κ1) is 19.0. The minimum absolute atomic E-state index is 0.00402. The minimum atomic E-state index is -0.500. The molecule has 8 nitrogen and oxygen atoms in total. The van der Waals surface area contributed by atoms with Crippen molar-refractivity contribution in [2.75, 3.05) is 36.5 Å². The van der Waals surface area contributed by atoms with Gasteiger partial charge in [-0.3, -0.25) is 14.4 Å². The fraction of sp³-hybridized carbons (Fsp3) is 0.429. The first-order valence-corrected chi connectivity index (χ1v) is 10.9. The largest absolute Gasteiger partial charge is 0.366 e. The zero-order chi connectivity index (χ0) is 21.0. The Morgan fingerprint density at radius 1 is 1.27 bits per heavy atom. The van der Waals surface area contributed by atoms with Crippen molar-refractivity contribution in [2.24, 2.45) is 11.7 Å². The molecule has 0 radical (unpaired) electrons. The van der Waals surface area contributed by atoms with Crippen molar-refractivity contribution < 1.29 is 14.4 Å². The molecule has 2 aliphatic heterocycles. The molecule has 0 saturated heterocycles. The Hall–Kier alpha value is -2.94. The minimum Gasteiger partial charge on any atom is -0.366 e. The second kappa shape index (κ2) is 7.09. The van der Waals surface area contributed by atoms with Gasteiger partial charge in [0.25, 0.3) is 5.91 Å². The molecule has 0 spiro atoms. The zero-order valence-corrected chi connectivity index (χ0v) is 17.6. The number of pyridine rings is 1. The third-order valence-corrected chi connectivity index (χ3v) is 7.25. The molecular weight excluding hydrogens is 402 g/mol. The molecule has 4 heterocycles. The highest BCUT2D eigenvalue weighted by Crippen LogP contribution is 2.43. The van der Waals surface area contributed by atoms with E-state index in [1.807, 2.05) is 4.90 Å². The Labute approximate surface area is 178 Å². The molecule has 2 N–H and O–H groups in total. The Balaban J connectivity index is 1.49. The number of rotatable bonds is 4. The highest BCUT2D eigenvalue weighted by molar-refractivity contribution is 7.17. The molecule has 156 valence electrons. The summed E-state index contributed by atoms with van der Waals surface area (Å²) in [6.45, 7) is 2.17. The third-order valence-electron chi connectivity index (χ3n) is 6.01. The predicted molar refractivity (Wildman–Crippen MR) is 114 cm³/mol. The van der Waals surface area contributed by atoms with E-state index in [9.17, 15) is 14.4 Å². The van der Waals surface area contributed by atoms with Crippen LogP contribution >= 0.6 is 11.3 Å². The molecule has 3 amide bonds. The van der Waals surface area contributed by atoms with Gasteiger partial charge >= 0.3 is 0 Å². The Bertz CT molecular complexity index is 1040. The predicted octanol–water partition coefficient (Wildman–Crippen LogP) is 1.63. The number of hydrogen-bond donors (Lipinski definition) is 1. The van der Waals surface area contributed by atoms with Crippen molar-refractivity contribution in [3.8, 4) is 0 Å². The van der Waals surface area contributed by atoms with Crippen LogP contribution in [0.3, 0.4) is 0 Å². The van der Waals surface area contributed by atoms with Crippen LogP contribution in [0.1, 0.15) is 44.0 Å². The van der Waals surface area contributed by atoms with E-state index in [2.05, 4.69) is 9.88 Å². The van der Waals surface area contributed by atoms with Crippen molar-refractivity contribution in [3.05, 3.63) is 39.9 Å². The lowest BCUT2D eigenvalue weighted by atomic mass is 10.0. The molecule has 30 heavy (non-hydrogen) atoms. The van der Waals surface area contributed by atoms with Gasteiger partial charge in [-0.25, -0.2) is 4.98 Å². The second-order valence-electron chi connectivity index (χ2n) is 8.23. The number of primary amides is 1. The maximum atomic E-state index is 13.1. The second-order valence-corrected chi connectivity index (χ2v) is 9.32. The summed E-state index contributed by atoms with van der Waals surface area (Å²) in [7, 11) is 1.70. The molecule has 1 fully saturated rings. The fourth-order valence-corrected chi connectivity index (χ4v) is 5.50. The van der Waals surface area contributed by atoms with Gasteiger partial charge in [0.05, 0.1) is 17.7 Å². The molecule has 9 heteroatoms. The summed E-state index contributed by atoms with van der Waals surface area (Å²) in [5, 5.41) is 0.810. The zero-order valence-electron chi connectivity index (χ0n) is 16.8. The Morgan fingerprint density at radius 2 is 2.07 bits per heavy atom. The van der Waals surface area contributed by atoms with Crippen LogP contribution in [0.15, 0.2) is 18.3 Å². The van der Waals surface area contributed by atoms with Gasteiger partial charge in [0, 0.05) is 31.2 Å². The molecule has 1 aliphatic carbocycles. The molecule has 0 bridgehead atoms. The van der Waals surface area contributed by atoms with E-state index < -0.39 is 5.91 Å². The van der Waals surface area contributed by atoms with E-state index >= 15 is 0 Å². The van der Waals surface area contributed by atoms with Crippen LogP contribution in [0.25, 0.3) is 0 Å². The number of carbonyl (C=O) groups is 3. The van der Waals surface area contributed by atoms with Crippen LogP contribution in [0, 0.1) is 5.92 Å². The van der Waals surface area contributed by atoms with Crippen molar-refractivity contribution in [1.82, 2.24) is 9.88 Å². The van der Waals surface area contributed by atoms with Gasteiger partial charge in [0.2, 0.25) is 11.8 Å². The molecule has 0 aromatic carbocycles. The van der Waals surface area contributed by atoms with E-state index in [4.69, 9.17) is 5.73 Å². The summed E-state index contributed by atoms with van der Waals surface area (Å²) in [5.74, 6) is 0.745. The first-order valence-electron chi connectivity index (χ1n) is 10.1. The summed E-state index contributed by atoms with van der Waals surface area (Å²) in [5.41, 5.74) is 7.45. The van der Waals surface area contributed by atoms with Gasteiger partial charge < -0.3 is 20.4 Å². The van der Waals surface area contributed by atoms with Crippen molar-refractivity contribution >= 4 is 39.9 Å².